The summed E-state index contributed by atoms with van der Waals surface area (Å²) >= 11 is 0. The van der Waals surface area contributed by atoms with Gasteiger partial charge in [-0.05, 0) is 62.7 Å². The number of anilines is 1. The zero-order valence-corrected chi connectivity index (χ0v) is 19.0. The van der Waals surface area contributed by atoms with Gasteiger partial charge in [0.1, 0.15) is 18.7 Å². The van der Waals surface area contributed by atoms with Gasteiger partial charge in [-0.2, -0.15) is 5.10 Å². The van der Waals surface area contributed by atoms with Gasteiger partial charge in [-0.3, -0.25) is 4.79 Å². The molecule has 2 aromatic heterocycles. The van der Waals surface area contributed by atoms with Gasteiger partial charge in [0.15, 0.2) is 17.3 Å². The first-order valence-electron chi connectivity index (χ1n) is 10.8. The second-order valence-corrected chi connectivity index (χ2v) is 7.90. The minimum absolute atomic E-state index is 0.148. The summed E-state index contributed by atoms with van der Waals surface area (Å²) in [5, 5.41) is 7.37. The highest BCUT2D eigenvalue weighted by Crippen LogP contribution is 2.31. The van der Waals surface area contributed by atoms with Gasteiger partial charge >= 0.3 is 0 Å². The number of aromatic nitrogens is 4. The van der Waals surface area contributed by atoms with Crippen LogP contribution in [0, 0.1) is 20.8 Å². The first kappa shape index (κ1) is 21.4. The fourth-order valence-corrected chi connectivity index (χ4v) is 3.54. The molecule has 1 aliphatic rings. The lowest BCUT2D eigenvalue weighted by Crippen LogP contribution is -2.40. The van der Waals surface area contributed by atoms with E-state index >= 15 is 0 Å². The SMILES string of the molecule is Cc1nn(-c2cc(Oc3ccc(NC(=O)C4COc5ccccc5O4)cc3)ncn2)c(C)c1C. The van der Waals surface area contributed by atoms with Crippen molar-refractivity contribution in [3.63, 3.8) is 0 Å². The Labute approximate surface area is 196 Å². The summed E-state index contributed by atoms with van der Waals surface area (Å²) in [5.41, 5.74) is 3.69. The van der Waals surface area contributed by atoms with Crippen molar-refractivity contribution < 1.29 is 19.0 Å². The normalized spacial score (nSPS) is 14.5. The summed E-state index contributed by atoms with van der Waals surface area (Å²) in [7, 11) is 0. The van der Waals surface area contributed by atoms with Crippen LogP contribution in [-0.2, 0) is 4.79 Å². The molecule has 9 nitrogen and oxygen atoms in total. The molecule has 4 aromatic rings. The molecule has 1 aliphatic heterocycles. The van der Waals surface area contributed by atoms with E-state index in [4.69, 9.17) is 14.2 Å². The third-order valence-corrected chi connectivity index (χ3v) is 5.64. The molecule has 5 rings (SSSR count). The van der Waals surface area contributed by atoms with E-state index in [9.17, 15) is 4.79 Å². The van der Waals surface area contributed by atoms with Crippen molar-refractivity contribution in [1.29, 1.82) is 0 Å². The topological polar surface area (TPSA) is 100 Å². The van der Waals surface area contributed by atoms with Crippen LogP contribution in [0.1, 0.15) is 17.0 Å². The minimum Gasteiger partial charge on any atom is -0.485 e. The predicted octanol–water partition coefficient (Wildman–Crippen LogP) is 4.16. The fraction of sp³-hybridized carbons (Fsp3) is 0.200. The van der Waals surface area contributed by atoms with Crippen molar-refractivity contribution in [1.82, 2.24) is 19.7 Å². The number of amides is 1. The van der Waals surface area contributed by atoms with Gasteiger partial charge in [-0.15, -0.1) is 0 Å². The highest BCUT2D eigenvalue weighted by atomic mass is 16.6. The number of carbonyl (C=O) groups is 1. The number of nitrogens with zero attached hydrogens (tertiary/aromatic N) is 4. The van der Waals surface area contributed by atoms with Crippen LogP contribution in [0.3, 0.4) is 0 Å². The van der Waals surface area contributed by atoms with Gasteiger partial charge in [0.25, 0.3) is 5.91 Å². The lowest BCUT2D eigenvalue weighted by Gasteiger charge is -2.25. The molecule has 0 bridgehead atoms. The molecule has 1 N–H and O–H groups in total. The Kier molecular flexibility index (Phi) is 5.59. The molecule has 0 saturated carbocycles. The molecule has 0 aliphatic carbocycles. The van der Waals surface area contributed by atoms with Crippen molar-refractivity contribution in [2.75, 3.05) is 11.9 Å². The average molecular weight is 457 g/mol. The second kappa shape index (κ2) is 8.86. The van der Waals surface area contributed by atoms with Crippen molar-refractivity contribution in [2.45, 2.75) is 26.9 Å². The lowest BCUT2D eigenvalue weighted by molar-refractivity contribution is -0.125. The Morgan fingerprint density at radius 1 is 1.06 bits per heavy atom. The quantitative estimate of drug-likeness (QED) is 0.480. The summed E-state index contributed by atoms with van der Waals surface area (Å²) in [4.78, 5) is 21.1. The molecular weight excluding hydrogens is 434 g/mol. The molecule has 0 spiro atoms. The molecule has 1 amide bonds. The van der Waals surface area contributed by atoms with Crippen LogP contribution in [0.4, 0.5) is 5.69 Å². The van der Waals surface area contributed by atoms with Crippen LogP contribution in [0.5, 0.6) is 23.1 Å². The number of aryl methyl sites for hydroxylation is 1. The van der Waals surface area contributed by atoms with E-state index in [-0.39, 0.29) is 12.5 Å². The Morgan fingerprint density at radius 3 is 2.56 bits per heavy atom. The molecule has 34 heavy (non-hydrogen) atoms. The molecular formula is C25H23N5O4. The second-order valence-electron chi connectivity index (χ2n) is 7.90. The number of nitrogens with one attached hydrogen (secondary N) is 1. The number of ether oxygens (including phenoxy) is 3. The third kappa shape index (κ3) is 4.27. The monoisotopic (exact) mass is 457 g/mol. The molecule has 0 fully saturated rings. The zero-order chi connectivity index (χ0) is 23.7. The van der Waals surface area contributed by atoms with Gasteiger partial charge in [0, 0.05) is 17.4 Å². The maximum Gasteiger partial charge on any atom is 0.269 e. The van der Waals surface area contributed by atoms with Gasteiger partial charge in [-0.1, -0.05) is 12.1 Å². The van der Waals surface area contributed by atoms with Crippen LogP contribution < -0.4 is 19.5 Å². The maximum atomic E-state index is 12.6. The maximum absolute atomic E-state index is 12.6. The fourth-order valence-electron chi connectivity index (χ4n) is 3.54. The van der Waals surface area contributed by atoms with Gasteiger partial charge in [0.2, 0.25) is 12.0 Å². The van der Waals surface area contributed by atoms with Crippen molar-refractivity contribution in [3.8, 4) is 28.9 Å². The van der Waals surface area contributed by atoms with E-state index in [0.29, 0.717) is 34.6 Å². The van der Waals surface area contributed by atoms with Crippen LogP contribution in [-0.4, -0.2) is 38.4 Å². The Balaban J connectivity index is 1.24. The molecule has 2 aromatic carbocycles. The molecule has 9 heteroatoms. The zero-order valence-electron chi connectivity index (χ0n) is 19.0. The largest absolute Gasteiger partial charge is 0.485 e. The smallest absolute Gasteiger partial charge is 0.269 e. The first-order chi connectivity index (χ1) is 16.5. The van der Waals surface area contributed by atoms with Crippen molar-refractivity contribution >= 4 is 11.6 Å². The number of rotatable bonds is 5. The Morgan fingerprint density at radius 2 is 1.82 bits per heavy atom. The summed E-state index contributed by atoms with van der Waals surface area (Å²) < 4.78 is 19.0. The molecule has 0 saturated heterocycles. The number of carbonyl (C=O) groups excluding carboxylic acids is 1. The van der Waals surface area contributed by atoms with E-state index in [2.05, 4.69) is 20.4 Å². The summed E-state index contributed by atoms with van der Waals surface area (Å²) in [6.45, 7) is 6.13. The molecule has 1 atom stereocenters. The molecule has 172 valence electrons. The highest BCUT2D eigenvalue weighted by molar-refractivity contribution is 5.94. The number of hydrogen-bond acceptors (Lipinski definition) is 7. The standard InChI is InChI=1S/C25H23N5O4/c1-15-16(2)29-30(17(15)3)23-12-24(27-14-26-23)33-19-10-8-18(9-11-19)28-25(31)22-13-32-20-6-4-5-7-21(20)34-22/h4-12,14,22H,13H2,1-3H3,(H,28,31). The van der Waals surface area contributed by atoms with Crippen molar-refractivity contribution in [2.24, 2.45) is 0 Å². The van der Waals surface area contributed by atoms with Gasteiger partial charge in [-0.25, -0.2) is 14.6 Å². The Hall–Kier alpha value is -4.40. The van der Waals surface area contributed by atoms with Gasteiger partial charge < -0.3 is 19.5 Å². The summed E-state index contributed by atoms with van der Waals surface area (Å²) in [5.74, 6) is 2.48. The number of para-hydroxylation sites is 2. The number of fused-ring (bicyclic) bond motifs is 1. The summed E-state index contributed by atoms with van der Waals surface area (Å²) in [6, 6.07) is 16.0. The van der Waals surface area contributed by atoms with Crippen LogP contribution in [0.25, 0.3) is 5.82 Å². The lowest BCUT2D eigenvalue weighted by atomic mass is 10.2. The summed E-state index contributed by atoms with van der Waals surface area (Å²) in [6.07, 6.45) is 0.707. The van der Waals surface area contributed by atoms with Crippen LogP contribution in [0.2, 0.25) is 0 Å². The van der Waals surface area contributed by atoms with E-state index in [1.807, 2.05) is 32.9 Å². The van der Waals surface area contributed by atoms with Crippen LogP contribution >= 0.6 is 0 Å². The Bertz CT molecular complexity index is 1350. The molecule has 1 unspecified atom stereocenters. The highest BCUT2D eigenvalue weighted by Gasteiger charge is 2.27. The van der Waals surface area contributed by atoms with Gasteiger partial charge in [0.05, 0.1) is 5.69 Å². The number of benzene rings is 2. The average Bonchev–Trinajstić information content (AvgIpc) is 3.12. The van der Waals surface area contributed by atoms with Crippen LogP contribution in [0.15, 0.2) is 60.9 Å². The van der Waals surface area contributed by atoms with Crippen molar-refractivity contribution in [3.05, 3.63) is 77.9 Å². The van der Waals surface area contributed by atoms with E-state index < -0.39 is 6.10 Å². The molecule has 0 radical (unpaired) electrons. The van der Waals surface area contributed by atoms with E-state index in [1.54, 1.807) is 47.1 Å². The first-order valence-corrected chi connectivity index (χ1v) is 10.8. The van der Waals surface area contributed by atoms with E-state index in [0.717, 1.165) is 17.0 Å². The third-order valence-electron chi connectivity index (χ3n) is 5.64. The molecule has 3 heterocycles. The predicted molar refractivity (Wildman–Crippen MR) is 125 cm³/mol. The van der Waals surface area contributed by atoms with E-state index in [1.165, 1.54) is 6.33 Å². The number of hydrogen-bond donors (Lipinski definition) is 1. The minimum atomic E-state index is -0.733.